The van der Waals surface area contributed by atoms with Crippen molar-refractivity contribution in [2.24, 2.45) is 5.73 Å². The Labute approximate surface area is 114 Å². The molecule has 4 nitrogen and oxygen atoms in total. The molecule has 0 aliphatic rings. The molecule has 0 amide bonds. The fourth-order valence-electron chi connectivity index (χ4n) is 1.65. The van der Waals surface area contributed by atoms with Crippen molar-refractivity contribution in [1.29, 1.82) is 0 Å². The summed E-state index contributed by atoms with van der Waals surface area (Å²) in [5, 5.41) is 0. The molecule has 0 spiro atoms. The van der Waals surface area contributed by atoms with Gasteiger partial charge in [-0.25, -0.2) is 0 Å². The van der Waals surface area contributed by atoms with Gasteiger partial charge in [0.1, 0.15) is 11.4 Å². The molecule has 1 rings (SSSR count). The van der Waals surface area contributed by atoms with E-state index < -0.39 is 0 Å². The van der Waals surface area contributed by atoms with Crippen LogP contribution in [-0.4, -0.2) is 18.2 Å². The number of hydrogen-bond donors (Lipinski definition) is 1. The molecular weight excluding hydrogens is 242 g/mol. The van der Waals surface area contributed by atoms with Crippen molar-refractivity contribution >= 4 is 5.97 Å². The fraction of sp³-hybridized carbons (Fsp3) is 0.533. The third-order valence-corrected chi connectivity index (χ3v) is 2.42. The van der Waals surface area contributed by atoms with Crippen LogP contribution >= 0.6 is 0 Å². The second-order valence-electron chi connectivity index (χ2n) is 5.40. The lowest BCUT2D eigenvalue weighted by atomic mass is 10.0. The van der Waals surface area contributed by atoms with E-state index in [1.165, 1.54) is 0 Å². The number of carbonyl (C=O) groups excluding carboxylic acids is 1. The molecule has 19 heavy (non-hydrogen) atoms. The van der Waals surface area contributed by atoms with Gasteiger partial charge in [0.25, 0.3) is 0 Å². The first-order chi connectivity index (χ1) is 8.81. The Morgan fingerprint density at radius 1 is 1.26 bits per heavy atom. The molecule has 0 aliphatic heterocycles. The summed E-state index contributed by atoms with van der Waals surface area (Å²) in [6.07, 6.45) is 0.188. The van der Waals surface area contributed by atoms with Gasteiger partial charge in [0.2, 0.25) is 0 Å². The van der Waals surface area contributed by atoms with Crippen molar-refractivity contribution in [2.45, 2.75) is 45.8 Å². The molecule has 0 aliphatic carbocycles. The van der Waals surface area contributed by atoms with Crippen LogP contribution in [0.5, 0.6) is 5.75 Å². The SMILES string of the molecule is CCOC(=O)C[C@H](N)c1ccc(OC(C)(C)C)cc1. The van der Waals surface area contributed by atoms with E-state index in [1.807, 2.05) is 45.0 Å². The van der Waals surface area contributed by atoms with Crippen molar-refractivity contribution in [3.05, 3.63) is 29.8 Å². The maximum Gasteiger partial charge on any atom is 0.307 e. The van der Waals surface area contributed by atoms with Crippen molar-refractivity contribution in [3.8, 4) is 5.75 Å². The van der Waals surface area contributed by atoms with E-state index in [0.29, 0.717) is 6.61 Å². The van der Waals surface area contributed by atoms with Crippen LogP contribution in [0.25, 0.3) is 0 Å². The van der Waals surface area contributed by atoms with Crippen LogP contribution in [0.15, 0.2) is 24.3 Å². The normalized spacial score (nSPS) is 12.9. The maximum absolute atomic E-state index is 11.4. The average Bonchev–Trinajstić information content (AvgIpc) is 2.27. The number of ether oxygens (including phenoxy) is 2. The van der Waals surface area contributed by atoms with E-state index in [9.17, 15) is 4.79 Å². The smallest absolute Gasteiger partial charge is 0.307 e. The molecule has 0 aromatic heterocycles. The van der Waals surface area contributed by atoms with Gasteiger partial charge in [-0.2, -0.15) is 0 Å². The highest BCUT2D eigenvalue weighted by Crippen LogP contribution is 2.22. The summed E-state index contributed by atoms with van der Waals surface area (Å²) < 4.78 is 10.6. The van der Waals surface area contributed by atoms with Crippen molar-refractivity contribution in [1.82, 2.24) is 0 Å². The first-order valence-electron chi connectivity index (χ1n) is 6.52. The van der Waals surface area contributed by atoms with Gasteiger partial charge < -0.3 is 15.2 Å². The minimum absolute atomic E-state index is 0.188. The van der Waals surface area contributed by atoms with Crippen molar-refractivity contribution in [2.75, 3.05) is 6.61 Å². The third-order valence-electron chi connectivity index (χ3n) is 2.42. The van der Waals surface area contributed by atoms with Crippen LogP contribution in [0.3, 0.4) is 0 Å². The molecule has 106 valence electrons. The zero-order valence-corrected chi connectivity index (χ0v) is 12.1. The van der Waals surface area contributed by atoms with E-state index in [1.54, 1.807) is 6.92 Å². The lowest BCUT2D eigenvalue weighted by Crippen LogP contribution is -2.23. The summed E-state index contributed by atoms with van der Waals surface area (Å²) in [4.78, 5) is 11.4. The third kappa shape index (κ3) is 5.75. The largest absolute Gasteiger partial charge is 0.488 e. The summed E-state index contributed by atoms with van der Waals surface area (Å²) >= 11 is 0. The minimum Gasteiger partial charge on any atom is -0.488 e. The summed E-state index contributed by atoms with van der Waals surface area (Å²) in [5.74, 6) is 0.518. The molecule has 0 saturated heterocycles. The van der Waals surface area contributed by atoms with Crippen molar-refractivity contribution < 1.29 is 14.3 Å². The zero-order chi connectivity index (χ0) is 14.5. The monoisotopic (exact) mass is 265 g/mol. The van der Waals surface area contributed by atoms with Crippen LogP contribution in [0.1, 0.15) is 45.7 Å². The van der Waals surface area contributed by atoms with Crippen LogP contribution < -0.4 is 10.5 Å². The number of esters is 1. The average molecular weight is 265 g/mol. The lowest BCUT2D eigenvalue weighted by Gasteiger charge is -2.21. The van der Waals surface area contributed by atoms with E-state index in [0.717, 1.165) is 11.3 Å². The molecular formula is C15H23NO3. The van der Waals surface area contributed by atoms with Gasteiger partial charge >= 0.3 is 5.97 Å². The predicted octanol–water partition coefficient (Wildman–Crippen LogP) is 2.82. The maximum atomic E-state index is 11.4. The Kier molecular flexibility index (Phi) is 5.36. The number of carbonyl (C=O) groups is 1. The Bertz CT molecular complexity index is 406. The Morgan fingerprint density at radius 3 is 2.32 bits per heavy atom. The minimum atomic E-state index is -0.345. The molecule has 0 bridgehead atoms. The molecule has 4 heteroatoms. The van der Waals surface area contributed by atoms with Crippen molar-refractivity contribution in [3.63, 3.8) is 0 Å². The molecule has 1 aromatic rings. The highest BCUT2D eigenvalue weighted by molar-refractivity contribution is 5.70. The predicted molar refractivity (Wildman–Crippen MR) is 75.0 cm³/mol. The second kappa shape index (κ2) is 6.57. The Balaban J connectivity index is 2.63. The highest BCUT2D eigenvalue weighted by atomic mass is 16.5. The highest BCUT2D eigenvalue weighted by Gasteiger charge is 2.14. The van der Waals surface area contributed by atoms with Crippen LogP contribution in [0.4, 0.5) is 0 Å². The molecule has 0 saturated carbocycles. The standard InChI is InChI=1S/C15H23NO3/c1-5-18-14(17)10-13(16)11-6-8-12(9-7-11)19-15(2,3)4/h6-9,13H,5,10,16H2,1-4H3/t13-/m0/s1. The second-order valence-corrected chi connectivity index (χ2v) is 5.40. The molecule has 0 heterocycles. The summed E-state index contributed by atoms with van der Waals surface area (Å²) in [6.45, 7) is 8.14. The summed E-state index contributed by atoms with van der Waals surface area (Å²) in [5.41, 5.74) is 6.63. The number of nitrogens with two attached hydrogens (primary N) is 1. The molecule has 1 atom stereocenters. The Hall–Kier alpha value is -1.55. The zero-order valence-electron chi connectivity index (χ0n) is 12.1. The van der Waals surface area contributed by atoms with Gasteiger partial charge in [0.05, 0.1) is 13.0 Å². The van der Waals surface area contributed by atoms with Gasteiger partial charge in [-0.05, 0) is 45.4 Å². The van der Waals surface area contributed by atoms with Crippen LogP contribution in [-0.2, 0) is 9.53 Å². The van der Waals surface area contributed by atoms with Gasteiger partial charge in [-0.1, -0.05) is 12.1 Å². The number of hydrogen-bond acceptors (Lipinski definition) is 4. The van der Waals surface area contributed by atoms with E-state index in [-0.39, 0.29) is 24.0 Å². The topological polar surface area (TPSA) is 61.5 Å². The van der Waals surface area contributed by atoms with Crippen LogP contribution in [0, 0.1) is 0 Å². The first-order valence-corrected chi connectivity index (χ1v) is 6.52. The first kappa shape index (κ1) is 15.5. The van der Waals surface area contributed by atoms with Crippen LogP contribution in [0.2, 0.25) is 0 Å². The fourth-order valence-corrected chi connectivity index (χ4v) is 1.65. The number of rotatable bonds is 5. The molecule has 0 radical (unpaired) electrons. The lowest BCUT2D eigenvalue weighted by molar-refractivity contribution is -0.143. The Morgan fingerprint density at radius 2 is 1.84 bits per heavy atom. The van der Waals surface area contributed by atoms with Gasteiger partial charge in [-0.15, -0.1) is 0 Å². The van der Waals surface area contributed by atoms with Gasteiger partial charge in [-0.3, -0.25) is 4.79 Å². The quantitative estimate of drug-likeness (QED) is 0.832. The van der Waals surface area contributed by atoms with E-state index in [4.69, 9.17) is 15.2 Å². The van der Waals surface area contributed by atoms with E-state index >= 15 is 0 Å². The summed E-state index contributed by atoms with van der Waals surface area (Å²) in [7, 11) is 0. The molecule has 2 N–H and O–H groups in total. The molecule has 1 aromatic carbocycles. The summed E-state index contributed by atoms with van der Waals surface area (Å²) in [6, 6.07) is 7.15. The molecule has 0 unspecified atom stereocenters. The van der Waals surface area contributed by atoms with Gasteiger partial charge in [0.15, 0.2) is 0 Å². The van der Waals surface area contributed by atoms with E-state index in [2.05, 4.69) is 0 Å². The molecule has 0 fully saturated rings. The van der Waals surface area contributed by atoms with Gasteiger partial charge in [0, 0.05) is 6.04 Å². The number of benzene rings is 1.